The Labute approximate surface area is 171 Å². The molecule has 9 nitrogen and oxygen atoms in total. The van der Waals surface area contributed by atoms with Crippen LogP contribution in [0.25, 0.3) is 10.6 Å². The van der Waals surface area contributed by atoms with E-state index in [4.69, 9.17) is 22.1 Å². The molecule has 1 aliphatic heterocycles. The van der Waals surface area contributed by atoms with E-state index in [0.29, 0.717) is 16.7 Å². The Morgan fingerprint density at radius 3 is 2.96 bits per heavy atom. The molecule has 3 heterocycles. The van der Waals surface area contributed by atoms with Crippen molar-refractivity contribution in [2.45, 2.75) is 38.8 Å². The number of carbonyl (C=O) groups is 2. The average molecular weight is 425 g/mol. The Kier molecular flexibility index (Phi) is 6.30. The molecule has 0 bridgehead atoms. The summed E-state index contributed by atoms with van der Waals surface area (Å²) in [6.45, 7) is 4.67. The van der Waals surface area contributed by atoms with Crippen LogP contribution in [0.4, 0.5) is 10.5 Å². The summed E-state index contributed by atoms with van der Waals surface area (Å²) in [5.74, 6) is -0.236. The Hall–Kier alpha value is -2.46. The normalized spacial score (nSPS) is 16.4. The highest BCUT2D eigenvalue weighted by Gasteiger charge is 2.32. The van der Waals surface area contributed by atoms with Crippen LogP contribution in [0.5, 0.6) is 0 Å². The van der Waals surface area contributed by atoms with E-state index in [9.17, 15) is 9.59 Å². The van der Waals surface area contributed by atoms with E-state index in [0.717, 1.165) is 24.1 Å². The number of primary amides is 1. The molecule has 2 aromatic heterocycles. The molecule has 2 amide bonds. The number of aromatic nitrogens is 3. The second-order valence-electron chi connectivity index (χ2n) is 6.69. The number of nitrogens with zero attached hydrogens (tertiary/aromatic N) is 4. The van der Waals surface area contributed by atoms with Crippen LogP contribution in [0.1, 0.15) is 36.5 Å². The topological polar surface area (TPSA) is 123 Å². The lowest BCUT2D eigenvalue weighted by molar-refractivity contribution is 0.0645. The lowest BCUT2D eigenvalue weighted by atomic mass is 10.2. The number of nitrogens with two attached hydrogens (primary N) is 1. The molecule has 28 heavy (non-hydrogen) atoms. The summed E-state index contributed by atoms with van der Waals surface area (Å²) in [5.41, 5.74) is 6.53. The van der Waals surface area contributed by atoms with Crippen molar-refractivity contribution in [3.8, 4) is 10.6 Å². The number of likely N-dealkylation sites (tertiary alicyclic amines) is 1. The van der Waals surface area contributed by atoms with Gasteiger partial charge in [0.15, 0.2) is 5.01 Å². The van der Waals surface area contributed by atoms with Gasteiger partial charge in [0, 0.05) is 24.5 Å². The summed E-state index contributed by atoms with van der Waals surface area (Å²) in [7, 11) is 0. The average Bonchev–Trinajstić information content (AvgIpc) is 3.28. The third-order valence-corrected chi connectivity index (χ3v) is 5.36. The highest BCUT2D eigenvalue weighted by atomic mass is 35.5. The summed E-state index contributed by atoms with van der Waals surface area (Å²) < 4.78 is 4.86. The molecule has 1 atom stereocenters. The van der Waals surface area contributed by atoms with Crippen LogP contribution >= 0.6 is 22.9 Å². The van der Waals surface area contributed by atoms with Crippen LogP contribution in [0.2, 0.25) is 5.15 Å². The molecular weight excluding hydrogens is 404 g/mol. The summed E-state index contributed by atoms with van der Waals surface area (Å²) >= 11 is 7.19. The van der Waals surface area contributed by atoms with Crippen molar-refractivity contribution in [1.29, 1.82) is 0 Å². The van der Waals surface area contributed by atoms with Crippen LogP contribution in [0.15, 0.2) is 12.3 Å². The van der Waals surface area contributed by atoms with Gasteiger partial charge in [0.05, 0.1) is 11.6 Å². The molecule has 1 aliphatic rings. The van der Waals surface area contributed by atoms with Gasteiger partial charge in [-0.3, -0.25) is 4.79 Å². The van der Waals surface area contributed by atoms with Crippen LogP contribution in [-0.4, -0.2) is 57.3 Å². The Bertz CT molecular complexity index is 874. The second kappa shape index (κ2) is 8.70. The van der Waals surface area contributed by atoms with Crippen molar-refractivity contribution in [2.24, 2.45) is 5.73 Å². The lowest BCUT2D eigenvalue weighted by Crippen LogP contribution is -2.39. The first-order valence-corrected chi connectivity index (χ1v) is 10.0. The van der Waals surface area contributed by atoms with E-state index >= 15 is 0 Å². The van der Waals surface area contributed by atoms with Gasteiger partial charge >= 0.3 is 6.09 Å². The maximum absolute atomic E-state index is 12.9. The fourth-order valence-corrected chi connectivity index (χ4v) is 4.01. The number of amides is 2. The molecule has 11 heteroatoms. The molecule has 0 aromatic carbocycles. The zero-order valence-electron chi connectivity index (χ0n) is 15.5. The first-order valence-electron chi connectivity index (χ1n) is 8.84. The maximum Gasteiger partial charge on any atom is 0.404 e. The van der Waals surface area contributed by atoms with E-state index < -0.39 is 6.09 Å². The minimum absolute atomic E-state index is 0.0797. The van der Waals surface area contributed by atoms with E-state index in [1.54, 1.807) is 17.2 Å². The summed E-state index contributed by atoms with van der Waals surface area (Å²) in [6, 6.07) is 1.70. The van der Waals surface area contributed by atoms with Gasteiger partial charge in [-0.05, 0) is 32.8 Å². The van der Waals surface area contributed by atoms with Gasteiger partial charge in [-0.2, -0.15) is 0 Å². The number of hydrogen-bond donors (Lipinski definition) is 2. The standard InChI is InChI=1S/C17H21ClN6O3S/c1-9(2)21-12-6-13(18)20-7-11(12)14-22-23-15(28-14)16(25)24-5-3-4-10(24)8-27-17(19)26/h6-7,9-10H,3-5,8H2,1-2H3,(H2,19,26)(H,20,21)/t10-/m0/s1. The van der Waals surface area contributed by atoms with Crippen LogP contribution in [0, 0.1) is 0 Å². The molecule has 0 aliphatic carbocycles. The second-order valence-corrected chi connectivity index (χ2v) is 8.05. The number of halogens is 1. The highest BCUT2D eigenvalue weighted by Crippen LogP contribution is 2.32. The Morgan fingerprint density at radius 1 is 1.46 bits per heavy atom. The van der Waals surface area contributed by atoms with Gasteiger partial charge < -0.3 is 20.7 Å². The molecule has 0 radical (unpaired) electrons. The van der Waals surface area contributed by atoms with E-state index in [-0.39, 0.29) is 29.6 Å². The minimum atomic E-state index is -0.849. The van der Waals surface area contributed by atoms with Gasteiger partial charge in [-0.25, -0.2) is 9.78 Å². The SMILES string of the molecule is CC(C)Nc1cc(Cl)ncc1-c1nnc(C(=O)N2CCC[C@H]2COC(N)=O)s1. The number of ether oxygens (including phenoxy) is 1. The number of hydrogen-bond acceptors (Lipinski definition) is 8. The molecule has 3 rings (SSSR count). The van der Waals surface area contributed by atoms with Crippen molar-refractivity contribution in [2.75, 3.05) is 18.5 Å². The van der Waals surface area contributed by atoms with Gasteiger partial charge in [-0.1, -0.05) is 22.9 Å². The molecule has 0 unspecified atom stereocenters. The monoisotopic (exact) mass is 424 g/mol. The molecule has 2 aromatic rings. The molecule has 0 saturated carbocycles. The van der Waals surface area contributed by atoms with Crippen molar-refractivity contribution in [3.63, 3.8) is 0 Å². The predicted molar refractivity (Wildman–Crippen MR) is 107 cm³/mol. The lowest BCUT2D eigenvalue weighted by Gasteiger charge is -2.22. The van der Waals surface area contributed by atoms with Gasteiger partial charge in [-0.15, -0.1) is 10.2 Å². The smallest absolute Gasteiger partial charge is 0.404 e. The summed E-state index contributed by atoms with van der Waals surface area (Å²) in [5, 5.41) is 12.7. The van der Waals surface area contributed by atoms with Crippen molar-refractivity contribution in [3.05, 3.63) is 22.4 Å². The Balaban J connectivity index is 1.80. The number of rotatable bonds is 6. The highest BCUT2D eigenvalue weighted by molar-refractivity contribution is 7.16. The largest absolute Gasteiger partial charge is 0.448 e. The fourth-order valence-electron chi connectivity index (χ4n) is 3.03. The van der Waals surface area contributed by atoms with Gasteiger partial charge in [0.2, 0.25) is 5.01 Å². The van der Waals surface area contributed by atoms with Crippen molar-refractivity contribution >= 4 is 40.6 Å². The quantitative estimate of drug-likeness (QED) is 0.683. The third kappa shape index (κ3) is 4.68. The van der Waals surface area contributed by atoms with Crippen molar-refractivity contribution < 1.29 is 14.3 Å². The molecule has 3 N–H and O–H groups in total. The van der Waals surface area contributed by atoms with Crippen molar-refractivity contribution in [1.82, 2.24) is 20.1 Å². The van der Waals surface area contributed by atoms with Crippen LogP contribution in [0.3, 0.4) is 0 Å². The minimum Gasteiger partial charge on any atom is -0.448 e. The molecule has 0 spiro atoms. The van der Waals surface area contributed by atoms with E-state index in [2.05, 4.69) is 20.5 Å². The zero-order valence-corrected chi connectivity index (χ0v) is 17.1. The molecule has 150 valence electrons. The number of carbonyl (C=O) groups excluding carboxylic acids is 2. The molecular formula is C17H21ClN6O3S. The zero-order chi connectivity index (χ0) is 20.3. The number of nitrogens with one attached hydrogen (secondary N) is 1. The van der Waals surface area contributed by atoms with Crippen LogP contribution < -0.4 is 11.1 Å². The molecule has 1 saturated heterocycles. The Morgan fingerprint density at radius 2 is 2.25 bits per heavy atom. The maximum atomic E-state index is 12.9. The van der Waals surface area contributed by atoms with Gasteiger partial charge in [0.25, 0.3) is 5.91 Å². The third-order valence-electron chi connectivity index (χ3n) is 4.21. The van der Waals surface area contributed by atoms with E-state index in [1.807, 2.05) is 13.8 Å². The molecule has 1 fully saturated rings. The number of anilines is 1. The van der Waals surface area contributed by atoms with E-state index in [1.165, 1.54) is 11.3 Å². The van der Waals surface area contributed by atoms with Gasteiger partial charge in [0.1, 0.15) is 11.8 Å². The number of pyridine rings is 1. The summed E-state index contributed by atoms with van der Waals surface area (Å²) in [4.78, 5) is 29.5. The fraction of sp³-hybridized carbons (Fsp3) is 0.471. The van der Waals surface area contributed by atoms with Crippen LogP contribution in [-0.2, 0) is 4.74 Å². The first-order chi connectivity index (χ1) is 13.3. The predicted octanol–water partition coefficient (Wildman–Crippen LogP) is 2.77. The first kappa shape index (κ1) is 20.3. The summed E-state index contributed by atoms with van der Waals surface area (Å²) in [6.07, 6.45) is 2.33.